The molecule has 0 radical (unpaired) electrons. The van der Waals surface area contributed by atoms with Crippen LogP contribution in [0.3, 0.4) is 0 Å². The number of hydrogen-bond donors (Lipinski definition) is 1. The van der Waals surface area contributed by atoms with Gasteiger partial charge in [0.1, 0.15) is 9.84 Å². The lowest BCUT2D eigenvalue weighted by atomic mass is 10.1. The van der Waals surface area contributed by atoms with Crippen LogP contribution in [0.5, 0.6) is 11.5 Å². The second-order valence-corrected chi connectivity index (χ2v) is 9.36. The highest BCUT2D eigenvalue weighted by atomic mass is 32.2. The van der Waals surface area contributed by atoms with Gasteiger partial charge in [-0.3, -0.25) is 4.57 Å². The Morgan fingerprint density at radius 2 is 1.88 bits per heavy atom. The number of hydrogen-bond acceptors (Lipinski definition) is 7. The first kappa shape index (κ1) is 23.4. The van der Waals surface area contributed by atoms with Crippen molar-refractivity contribution in [1.29, 1.82) is 0 Å². The Balaban J connectivity index is 2.25. The fourth-order valence-electron chi connectivity index (χ4n) is 3.61. The quantitative estimate of drug-likeness (QED) is 0.486. The summed E-state index contributed by atoms with van der Waals surface area (Å²) in [6.07, 6.45) is 1.11. The van der Waals surface area contributed by atoms with Crippen molar-refractivity contribution in [2.24, 2.45) is 0 Å². The molecule has 2 aromatic carbocycles. The van der Waals surface area contributed by atoms with Crippen molar-refractivity contribution in [3.05, 3.63) is 58.0 Å². The van der Waals surface area contributed by atoms with E-state index in [1.807, 2.05) is 6.92 Å². The Morgan fingerprint density at radius 1 is 1.12 bits per heavy atom. The second-order valence-electron chi connectivity index (χ2n) is 7.17. The predicted molar refractivity (Wildman–Crippen MR) is 121 cm³/mol. The number of carbonyl (C=O) groups excluding carboxylic acids is 1. The number of aromatic nitrogens is 2. The second kappa shape index (κ2) is 9.47. The van der Waals surface area contributed by atoms with Crippen molar-refractivity contribution < 1.29 is 27.4 Å². The van der Waals surface area contributed by atoms with Crippen molar-refractivity contribution >= 4 is 26.8 Å². The lowest BCUT2D eigenvalue weighted by Crippen LogP contribution is -2.28. The van der Waals surface area contributed by atoms with E-state index in [1.54, 1.807) is 43.3 Å². The van der Waals surface area contributed by atoms with Crippen molar-refractivity contribution in [3.63, 3.8) is 0 Å². The molecule has 3 aromatic rings. The van der Waals surface area contributed by atoms with Crippen LogP contribution in [-0.2, 0) is 14.6 Å². The van der Waals surface area contributed by atoms with Gasteiger partial charge in [0, 0.05) is 6.26 Å². The van der Waals surface area contributed by atoms with Crippen LogP contribution in [0.2, 0.25) is 0 Å². The Morgan fingerprint density at radius 3 is 2.50 bits per heavy atom. The third-order valence-electron chi connectivity index (χ3n) is 4.89. The van der Waals surface area contributed by atoms with Crippen LogP contribution in [0, 0.1) is 0 Å². The summed E-state index contributed by atoms with van der Waals surface area (Å²) in [7, 11) is -1.99. The first-order valence-corrected chi connectivity index (χ1v) is 12.1. The summed E-state index contributed by atoms with van der Waals surface area (Å²) in [5.74, 6) is 0.0198. The van der Waals surface area contributed by atoms with Crippen molar-refractivity contribution in [2.75, 3.05) is 32.3 Å². The van der Waals surface area contributed by atoms with Gasteiger partial charge in [-0.1, -0.05) is 12.1 Å². The van der Waals surface area contributed by atoms with Gasteiger partial charge in [-0.05, 0) is 43.7 Å². The summed E-state index contributed by atoms with van der Waals surface area (Å²) in [4.78, 5) is 28.1. The van der Waals surface area contributed by atoms with Crippen LogP contribution in [0.15, 0.2) is 41.2 Å². The number of fused-ring (bicyclic) bond motifs is 1. The van der Waals surface area contributed by atoms with Gasteiger partial charge in [0.05, 0.1) is 48.7 Å². The van der Waals surface area contributed by atoms with Gasteiger partial charge in [-0.25, -0.2) is 18.0 Å². The Hall–Kier alpha value is -3.27. The summed E-state index contributed by atoms with van der Waals surface area (Å²) in [6, 6.07) is 8.98. The van der Waals surface area contributed by atoms with Crippen LogP contribution >= 0.6 is 0 Å². The van der Waals surface area contributed by atoms with E-state index < -0.39 is 27.5 Å². The molecule has 0 saturated carbocycles. The highest BCUT2D eigenvalue weighted by molar-refractivity contribution is 7.90. The van der Waals surface area contributed by atoms with Gasteiger partial charge in [0.2, 0.25) is 0 Å². The van der Waals surface area contributed by atoms with Crippen molar-refractivity contribution in [2.45, 2.75) is 19.9 Å². The molecule has 0 aliphatic heterocycles. The van der Waals surface area contributed by atoms with Crippen molar-refractivity contribution in [1.82, 2.24) is 9.55 Å². The number of H-pyrrole nitrogens is 1. The minimum atomic E-state index is -3.50. The highest BCUT2D eigenvalue weighted by Gasteiger charge is 2.26. The van der Waals surface area contributed by atoms with Gasteiger partial charge in [0.15, 0.2) is 11.5 Å². The number of rotatable bonds is 9. The number of aromatic amines is 1. The van der Waals surface area contributed by atoms with Crippen LogP contribution in [0.25, 0.3) is 11.0 Å². The van der Waals surface area contributed by atoms with E-state index in [0.29, 0.717) is 29.2 Å². The van der Waals surface area contributed by atoms with Gasteiger partial charge in [0.25, 0.3) is 0 Å². The van der Waals surface area contributed by atoms with Crippen LogP contribution < -0.4 is 15.2 Å². The number of esters is 1. The van der Waals surface area contributed by atoms with Crippen LogP contribution in [0.4, 0.5) is 0 Å². The standard InChI is InChI=1S/C22H26N2O7S/c1-5-30-19-12-14(10-11-18(19)29-3)17(13-32(4,27)28)24-16-9-7-8-15(21(25)31-6-2)20(16)23-22(24)26/h7-12,17H,5-6,13H2,1-4H3,(H,23,26)/t17-/m0/s1. The number of benzene rings is 2. The van der Waals surface area contributed by atoms with Crippen LogP contribution in [-0.4, -0.2) is 56.3 Å². The van der Waals surface area contributed by atoms with E-state index in [9.17, 15) is 18.0 Å². The molecule has 0 fully saturated rings. The Labute approximate surface area is 185 Å². The smallest absolute Gasteiger partial charge is 0.340 e. The highest BCUT2D eigenvalue weighted by Crippen LogP contribution is 2.33. The average Bonchev–Trinajstić information content (AvgIpc) is 3.07. The molecule has 3 rings (SSSR count). The molecule has 0 amide bonds. The maximum atomic E-state index is 13.0. The van der Waals surface area contributed by atoms with Gasteiger partial charge in [-0.15, -0.1) is 0 Å². The topological polar surface area (TPSA) is 117 Å². The van der Waals surface area contributed by atoms with E-state index >= 15 is 0 Å². The normalized spacial score (nSPS) is 12.5. The predicted octanol–water partition coefficient (Wildman–Crippen LogP) is 2.55. The molecule has 172 valence electrons. The monoisotopic (exact) mass is 462 g/mol. The number of ether oxygens (including phenoxy) is 3. The molecule has 10 heteroatoms. The summed E-state index contributed by atoms with van der Waals surface area (Å²) in [5, 5.41) is 0. The molecule has 0 aliphatic rings. The van der Waals surface area contributed by atoms with E-state index in [-0.39, 0.29) is 23.4 Å². The lowest BCUT2D eigenvalue weighted by Gasteiger charge is -2.20. The molecular formula is C22H26N2O7S. The number of sulfone groups is 1. The third kappa shape index (κ3) is 4.80. The molecule has 0 bridgehead atoms. The van der Waals surface area contributed by atoms with E-state index in [4.69, 9.17) is 14.2 Å². The first-order chi connectivity index (χ1) is 15.2. The fourth-order valence-corrected chi connectivity index (χ4v) is 4.53. The maximum absolute atomic E-state index is 13.0. The molecule has 1 atom stereocenters. The van der Waals surface area contributed by atoms with Crippen molar-refractivity contribution in [3.8, 4) is 11.5 Å². The summed E-state index contributed by atoms with van der Waals surface area (Å²) < 4.78 is 42.0. The molecule has 32 heavy (non-hydrogen) atoms. The molecular weight excluding hydrogens is 436 g/mol. The summed E-state index contributed by atoms with van der Waals surface area (Å²) in [5.41, 5.74) is 0.877. The number of nitrogens with zero attached hydrogens (tertiary/aromatic N) is 1. The Kier molecular flexibility index (Phi) is 6.93. The minimum Gasteiger partial charge on any atom is -0.493 e. The zero-order valence-electron chi connectivity index (χ0n) is 18.4. The number of nitrogens with one attached hydrogen (secondary N) is 1. The number of para-hydroxylation sites is 1. The SMILES string of the molecule is CCOC(=O)c1cccc2c1[nH]c(=O)n2[C@@H](CS(C)(=O)=O)c1ccc(OC)c(OCC)c1. The molecule has 1 heterocycles. The van der Waals surface area contributed by atoms with Gasteiger partial charge < -0.3 is 19.2 Å². The molecule has 0 saturated heterocycles. The fraction of sp³-hybridized carbons (Fsp3) is 0.364. The first-order valence-electron chi connectivity index (χ1n) is 10.1. The average molecular weight is 463 g/mol. The van der Waals surface area contributed by atoms with E-state index in [0.717, 1.165) is 6.26 Å². The minimum absolute atomic E-state index is 0.183. The maximum Gasteiger partial charge on any atom is 0.340 e. The van der Waals surface area contributed by atoms with E-state index in [2.05, 4.69) is 4.98 Å². The summed E-state index contributed by atoms with van der Waals surface area (Å²) >= 11 is 0. The zero-order valence-corrected chi connectivity index (χ0v) is 19.2. The largest absolute Gasteiger partial charge is 0.493 e. The summed E-state index contributed by atoms with van der Waals surface area (Å²) in [6.45, 7) is 4.07. The molecule has 9 nitrogen and oxygen atoms in total. The molecule has 1 aromatic heterocycles. The lowest BCUT2D eigenvalue weighted by molar-refractivity contribution is 0.0528. The van der Waals surface area contributed by atoms with Gasteiger partial charge >= 0.3 is 11.7 Å². The zero-order chi connectivity index (χ0) is 23.5. The molecule has 0 unspecified atom stereocenters. The molecule has 1 N–H and O–H groups in total. The molecule has 0 spiro atoms. The number of methoxy groups -OCH3 is 1. The van der Waals surface area contributed by atoms with E-state index in [1.165, 1.54) is 11.7 Å². The van der Waals surface area contributed by atoms with Gasteiger partial charge in [-0.2, -0.15) is 0 Å². The van der Waals surface area contributed by atoms with Crippen LogP contribution in [0.1, 0.15) is 35.8 Å². The third-order valence-corrected chi connectivity index (χ3v) is 5.81. The Bertz CT molecular complexity index is 1290. The molecule has 0 aliphatic carbocycles. The number of carbonyl (C=O) groups is 1. The number of imidazole rings is 1.